The number of nitrogens with zero attached hydrogens (tertiary/aromatic N) is 3. The zero-order valence-electron chi connectivity index (χ0n) is 18.1. The minimum absolute atomic E-state index is 0.0543. The summed E-state index contributed by atoms with van der Waals surface area (Å²) in [5.74, 6) is 1.91. The molecule has 0 spiro atoms. The maximum atomic E-state index is 13.3. The van der Waals surface area contributed by atoms with Gasteiger partial charge in [0.1, 0.15) is 16.7 Å². The van der Waals surface area contributed by atoms with Crippen molar-refractivity contribution in [3.8, 4) is 17.3 Å². The molecule has 5 rings (SSSR count). The molecular formula is C26H25ClN4O. The average molecular weight is 445 g/mol. The van der Waals surface area contributed by atoms with E-state index in [0.717, 1.165) is 61.4 Å². The number of nitriles is 1. The predicted molar refractivity (Wildman–Crippen MR) is 125 cm³/mol. The standard InChI is InChI=1S/C26H25ClN4O/c1-16-2-5-21(14-22(16)23-24(27)30-25(29-23)20-8-9-20)26(32)31-12-10-19(11-13-31)18-6-3-17(15-28)4-7-18/h2-7,14,19-20H,8-13H2,1H3,(H,29,30). The van der Waals surface area contributed by atoms with E-state index in [2.05, 4.69) is 11.1 Å². The van der Waals surface area contributed by atoms with Crippen LogP contribution in [0.15, 0.2) is 42.5 Å². The Kier molecular flexibility index (Phi) is 5.48. The molecule has 0 unspecified atom stereocenters. The third kappa shape index (κ3) is 4.03. The molecule has 2 fully saturated rings. The van der Waals surface area contributed by atoms with Crippen LogP contribution in [0.5, 0.6) is 0 Å². The number of likely N-dealkylation sites (tertiary alicyclic amines) is 1. The van der Waals surface area contributed by atoms with Crippen LogP contribution >= 0.6 is 11.6 Å². The number of hydrogen-bond acceptors (Lipinski definition) is 3. The van der Waals surface area contributed by atoms with Crippen molar-refractivity contribution in [2.24, 2.45) is 0 Å². The molecule has 3 aromatic rings. The summed E-state index contributed by atoms with van der Waals surface area (Å²) in [4.78, 5) is 23.2. The molecule has 32 heavy (non-hydrogen) atoms. The highest BCUT2D eigenvalue weighted by Crippen LogP contribution is 2.41. The maximum absolute atomic E-state index is 13.3. The van der Waals surface area contributed by atoms with Gasteiger partial charge in [0.25, 0.3) is 5.91 Å². The molecule has 1 saturated heterocycles. The van der Waals surface area contributed by atoms with E-state index in [1.54, 1.807) is 0 Å². The van der Waals surface area contributed by atoms with E-state index in [4.69, 9.17) is 21.8 Å². The van der Waals surface area contributed by atoms with Crippen LogP contribution in [0.25, 0.3) is 11.3 Å². The van der Waals surface area contributed by atoms with Gasteiger partial charge in [-0.15, -0.1) is 0 Å². The van der Waals surface area contributed by atoms with Crippen molar-refractivity contribution < 1.29 is 4.79 Å². The lowest BCUT2D eigenvalue weighted by molar-refractivity contribution is 0.0713. The molecule has 162 valence electrons. The van der Waals surface area contributed by atoms with Gasteiger partial charge in [0, 0.05) is 30.1 Å². The second-order valence-corrected chi connectivity index (χ2v) is 9.27. The first-order valence-electron chi connectivity index (χ1n) is 11.2. The fourth-order valence-electron chi connectivity index (χ4n) is 4.54. The molecule has 2 aromatic carbocycles. The molecule has 1 aromatic heterocycles. The number of carbonyl (C=O) groups excluding carboxylic acids is 1. The Morgan fingerprint density at radius 2 is 1.81 bits per heavy atom. The van der Waals surface area contributed by atoms with Gasteiger partial charge in [0.05, 0.1) is 11.6 Å². The van der Waals surface area contributed by atoms with Gasteiger partial charge in [-0.05, 0) is 73.9 Å². The third-order valence-corrected chi connectivity index (χ3v) is 6.95. The Labute approximate surface area is 193 Å². The van der Waals surface area contributed by atoms with Gasteiger partial charge in [0.2, 0.25) is 0 Å². The molecule has 1 aliphatic carbocycles. The van der Waals surface area contributed by atoms with E-state index in [0.29, 0.717) is 28.1 Å². The summed E-state index contributed by atoms with van der Waals surface area (Å²) >= 11 is 6.47. The molecule has 0 atom stereocenters. The fraction of sp³-hybridized carbons (Fsp3) is 0.346. The van der Waals surface area contributed by atoms with E-state index in [9.17, 15) is 4.79 Å². The van der Waals surface area contributed by atoms with E-state index < -0.39 is 0 Å². The molecule has 6 heteroatoms. The highest BCUT2D eigenvalue weighted by Gasteiger charge is 2.29. The number of nitrogens with one attached hydrogen (secondary N) is 1. The lowest BCUT2D eigenvalue weighted by Gasteiger charge is -2.32. The number of amides is 1. The van der Waals surface area contributed by atoms with Crippen molar-refractivity contribution in [1.29, 1.82) is 5.26 Å². The van der Waals surface area contributed by atoms with Crippen molar-refractivity contribution in [1.82, 2.24) is 14.9 Å². The van der Waals surface area contributed by atoms with Gasteiger partial charge in [-0.2, -0.15) is 5.26 Å². The highest BCUT2D eigenvalue weighted by atomic mass is 35.5. The van der Waals surface area contributed by atoms with E-state index in [1.165, 1.54) is 5.56 Å². The molecule has 1 saturated carbocycles. The number of halogens is 1. The van der Waals surface area contributed by atoms with Crippen LogP contribution in [0.2, 0.25) is 5.15 Å². The zero-order valence-corrected chi connectivity index (χ0v) is 18.8. The molecule has 5 nitrogen and oxygen atoms in total. The van der Waals surface area contributed by atoms with Crippen LogP contribution < -0.4 is 0 Å². The van der Waals surface area contributed by atoms with Crippen molar-refractivity contribution in [2.75, 3.05) is 13.1 Å². The Hall–Kier alpha value is -3.10. The quantitative estimate of drug-likeness (QED) is 0.552. The highest BCUT2D eigenvalue weighted by molar-refractivity contribution is 6.32. The summed E-state index contributed by atoms with van der Waals surface area (Å²) in [6.07, 6.45) is 4.15. The molecule has 0 radical (unpaired) electrons. The first-order valence-corrected chi connectivity index (χ1v) is 11.6. The van der Waals surface area contributed by atoms with E-state index in [-0.39, 0.29) is 5.91 Å². The molecule has 1 amide bonds. The number of aryl methyl sites for hydroxylation is 1. The Morgan fingerprint density at radius 3 is 2.47 bits per heavy atom. The van der Waals surface area contributed by atoms with Crippen LogP contribution in [0.3, 0.4) is 0 Å². The van der Waals surface area contributed by atoms with Gasteiger partial charge < -0.3 is 9.88 Å². The van der Waals surface area contributed by atoms with Gasteiger partial charge in [-0.1, -0.05) is 29.8 Å². The Morgan fingerprint density at radius 1 is 1.09 bits per heavy atom. The van der Waals surface area contributed by atoms with Crippen LogP contribution in [-0.4, -0.2) is 33.9 Å². The van der Waals surface area contributed by atoms with Crippen LogP contribution in [0.4, 0.5) is 0 Å². The number of hydrogen-bond donors (Lipinski definition) is 1. The summed E-state index contributed by atoms with van der Waals surface area (Å²) in [6, 6.07) is 15.8. The third-order valence-electron chi connectivity index (χ3n) is 6.68. The number of carbonyl (C=O) groups is 1. The molecule has 1 aliphatic heterocycles. The summed E-state index contributed by atoms with van der Waals surface area (Å²) in [5, 5.41) is 9.53. The normalized spacial score (nSPS) is 16.7. The summed E-state index contributed by atoms with van der Waals surface area (Å²) in [7, 11) is 0. The number of piperidine rings is 1. The van der Waals surface area contributed by atoms with E-state index >= 15 is 0 Å². The first-order chi connectivity index (χ1) is 15.5. The number of aromatic nitrogens is 2. The predicted octanol–water partition coefficient (Wildman–Crippen LogP) is 5.81. The van der Waals surface area contributed by atoms with Gasteiger partial charge in [-0.25, -0.2) is 4.98 Å². The number of aromatic amines is 1. The summed E-state index contributed by atoms with van der Waals surface area (Å²) in [6.45, 7) is 3.47. The van der Waals surface area contributed by atoms with Gasteiger partial charge in [0.15, 0.2) is 0 Å². The second-order valence-electron chi connectivity index (χ2n) is 8.89. The minimum Gasteiger partial charge on any atom is -0.339 e. The van der Waals surface area contributed by atoms with Crippen LogP contribution in [0, 0.1) is 18.3 Å². The van der Waals surface area contributed by atoms with E-state index in [1.807, 2.05) is 54.3 Å². The fourth-order valence-corrected chi connectivity index (χ4v) is 4.78. The van der Waals surface area contributed by atoms with Gasteiger partial charge in [-0.3, -0.25) is 4.79 Å². The van der Waals surface area contributed by atoms with Crippen molar-refractivity contribution in [3.05, 3.63) is 75.7 Å². The topological polar surface area (TPSA) is 72.8 Å². The first kappa shape index (κ1) is 20.8. The van der Waals surface area contributed by atoms with Crippen molar-refractivity contribution in [2.45, 2.75) is 44.4 Å². The molecule has 1 N–H and O–H groups in total. The molecular weight excluding hydrogens is 420 g/mol. The minimum atomic E-state index is 0.0543. The average Bonchev–Trinajstić information content (AvgIpc) is 3.61. The molecule has 0 bridgehead atoms. The van der Waals surface area contributed by atoms with Gasteiger partial charge >= 0.3 is 0 Å². The SMILES string of the molecule is Cc1ccc(C(=O)N2CCC(c3ccc(C#N)cc3)CC2)cc1-c1nc(C2CC2)[nH]c1Cl. The van der Waals surface area contributed by atoms with Crippen LogP contribution in [-0.2, 0) is 0 Å². The smallest absolute Gasteiger partial charge is 0.253 e. The Balaban J connectivity index is 1.31. The summed E-state index contributed by atoms with van der Waals surface area (Å²) < 4.78 is 0. The number of H-pyrrole nitrogens is 1. The van der Waals surface area contributed by atoms with Crippen molar-refractivity contribution >= 4 is 17.5 Å². The molecule has 2 heterocycles. The number of benzene rings is 2. The van der Waals surface area contributed by atoms with Crippen molar-refractivity contribution in [3.63, 3.8) is 0 Å². The second kappa shape index (κ2) is 8.44. The lowest BCUT2D eigenvalue weighted by Crippen LogP contribution is -2.37. The lowest BCUT2D eigenvalue weighted by atomic mass is 9.88. The Bertz CT molecular complexity index is 1200. The number of rotatable bonds is 4. The number of imidazole rings is 1. The largest absolute Gasteiger partial charge is 0.339 e. The van der Waals surface area contributed by atoms with Crippen LogP contribution in [0.1, 0.15) is 70.4 Å². The molecule has 2 aliphatic rings. The zero-order chi connectivity index (χ0) is 22.2. The summed E-state index contributed by atoms with van der Waals surface area (Å²) in [5.41, 5.74) is 5.30. The maximum Gasteiger partial charge on any atom is 0.253 e. The monoisotopic (exact) mass is 444 g/mol.